The summed E-state index contributed by atoms with van der Waals surface area (Å²) < 4.78 is 5.28. The Morgan fingerprint density at radius 3 is 2.12 bits per heavy atom. The van der Waals surface area contributed by atoms with Gasteiger partial charge in [-0.25, -0.2) is 9.59 Å². The molecule has 0 radical (unpaired) electrons. The van der Waals surface area contributed by atoms with Crippen molar-refractivity contribution in [1.29, 1.82) is 0 Å². The van der Waals surface area contributed by atoms with Crippen LogP contribution < -0.4 is 5.32 Å². The quantitative estimate of drug-likeness (QED) is 0.798. The molecule has 7 nitrogen and oxygen atoms in total. The van der Waals surface area contributed by atoms with E-state index in [0.29, 0.717) is 6.54 Å². The maximum Gasteiger partial charge on any atom is 0.408 e. The lowest BCUT2D eigenvalue weighted by atomic mass is 9.85. The first-order valence-electron chi connectivity index (χ1n) is 9.10. The van der Waals surface area contributed by atoms with Crippen LogP contribution in [-0.4, -0.2) is 52.2 Å². The van der Waals surface area contributed by atoms with E-state index in [9.17, 15) is 19.5 Å². The Morgan fingerprint density at radius 2 is 1.69 bits per heavy atom. The first kappa shape index (κ1) is 20.5. The monoisotopic (exact) mass is 368 g/mol. The van der Waals surface area contributed by atoms with E-state index in [1.54, 1.807) is 20.8 Å². The van der Waals surface area contributed by atoms with Crippen molar-refractivity contribution in [2.75, 3.05) is 6.54 Å². The van der Waals surface area contributed by atoms with E-state index in [2.05, 4.69) is 5.32 Å². The first-order valence-corrected chi connectivity index (χ1v) is 9.10. The standard InChI is InChI=1S/C19H32N2O5/c1-17(2,3)13(20-16(25)26-18(4,5)6)14(22)21-9-10-11(19(10,7)8)12(21)15(23)24/h10-13H,9H2,1-8H3,(H,20,25)(H,23,24)/t10?,11-,12?,13+/m0/s1. The molecule has 26 heavy (non-hydrogen) atoms. The zero-order valence-corrected chi connectivity index (χ0v) is 17.0. The van der Waals surface area contributed by atoms with Gasteiger partial charge in [-0.1, -0.05) is 34.6 Å². The third kappa shape index (κ3) is 3.81. The smallest absolute Gasteiger partial charge is 0.408 e. The number of carbonyl (C=O) groups is 3. The van der Waals surface area contributed by atoms with Gasteiger partial charge in [-0.05, 0) is 37.5 Å². The van der Waals surface area contributed by atoms with Gasteiger partial charge in [0.05, 0.1) is 0 Å². The number of carbonyl (C=O) groups excluding carboxylic acids is 2. The van der Waals surface area contributed by atoms with Crippen molar-refractivity contribution in [2.24, 2.45) is 22.7 Å². The van der Waals surface area contributed by atoms with E-state index in [4.69, 9.17) is 4.74 Å². The number of carboxylic acids is 1. The number of ether oxygens (including phenoxy) is 1. The molecule has 0 aromatic rings. The number of aliphatic carboxylic acids is 1. The van der Waals surface area contributed by atoms with Crippen LogP contribution >= 0.6 is 0 Å². The van der Waals surface area contributed by atoms with Crippen molar-refractivity contribution in [2.45, 2.75) is 73.1 Å². The van der Waals surface area contributed by atoms with Crippen molar-refractivity contribution in [3.8, 4) is 0 Å². The van der Waals surface area contributed by atoms with Crippen LogP contribution in [0.25, 0.3) is 0 Å². The number of piperidine rings is 1. The fraction of sp³-hybridized carbons (Fsp3) is 0.842. The van der Waals surface area contributed by atoms with Gasteiger partial charge in [0.15, 0.2) is 0 Å². The van der Waals surface area contributed by atoms with Crippen LogP contribution in [0.5, 0.6) is 0 Å². The highest BCUT2D eigenvalue weighted by atomic mass is 16.6. The zero-order valence-electron chi connectivity index (χ0n) is 17.0. The molecule has 2 fully saturated rings. The highest BCUT2D eigenvalue weighted by Gasteiger charge is 2.70. The number of fused-ring (bicyclic) bond motifs is 1. The van der Waals surface area contributed by atoms with E-state index < -0.39 is 35.2 Å². The molecular weight excluding hydrogens is 336 g/mol. The molecule has 1 aliphatic carbocycles. The van der Waals surface area contributed by atoms with Gasteiger partial charge in [0.25, 0.3) is 0 Å². The Balaban J connectivity index is 2.20. The summed E-state index contributed by atoms with van der Waals surface area (Å²) in [7, 11) is 0. The molecule has 2 rings (SSSR count). The molecule has 2 aliphatic rings. The second-order valence-corrected chi connectivity index (χ2v) is 10.2. The lowest BCUT2D eigenvalue weighted by molar-refractivity contribution is -0.152. The summed E-state index contributed by atoms with van der Waals surface area (Å²) >= 11 is 0. The number of alkyl carbamates (subject to hydrolysis) is 1. The number of rotatable bonds is 3. The van der Waals surface area contributed by atoms with Crippen molar-refractivity contribution in [3.05, 3.63) is 0 Å². The van der Waals surface area contributed by atoms with Crippen molar-refractivity contribution in [3.63, 3.8) is 0 Å². The SMILES string of the molecule is CC(C)(C)OC(=O)N[C@H](C(=O)N1CC2[C@@H](C1C(=O)O)C2(C)C)C(C)(C)C. The molecule has 0 aromatic carbocycles. The van der Waals surface area contributed by atoms with Gasteiger partial charge >= 0.3 is 12.1 Å². The predicted octanol–water partition coefficient (Wildman–Crippen LogP) is 2.49. The number of hydrogen-bond acceptors (Lipinski definition) is 4. The maximum absolute atomic E-state index is 13.2. The van der Waals surface area contributed by atoms with Gasteiger partial charge in [-0.3, -0.25) is 4.79 Å². The number of nitrogens with zero attached hydrogens (tertiary/aromatic N) is 1. The van der Waals surface area contributed by atoms with E-state index in [0.717, 1.165) is 0 Å². The molecule has 1 aliphatic heterocycles. The molecule has 148 valence electrons. The van der Waals surface area contributed by atoms with E-state index in [-0.39, 0.29) is 23.2 Å². The molecule has 0 spiro atoms. The molecule has 1 heterocycles. The summed E-state index contributed by atoms with van der Waals surface area (Å²) in [5, 5.41) is 12.3. The molecule has 2 unspecified atom stereocenters. The highest BCUT2D eigenvalue weighted by molar-refractivity contribution is 5.91. The predicted molar refractivity (Wildman–Crippen MR) is 96.5 cm³/mol. The van der Waals surface area contributed by atoms with E-state index in [1.807, 2.05) is 34.6 Å². The van der Waals surface area contributed by atoms with Gasteiger partial charge in [-0.2, -0.15) is 0 Å². The van der Waals surface area contributed by atoms with E-state index in [1.165, 1.54) is 4.90 Å². The lowest BCUT2D eigenvalue weighted by Gasteiger charge is -2.37. The van der Waals surface area contributed by atoms with Crippen LogP contribution in [0.2, 0.25) is 0 Å². The normalized spacial score (nSPS) is 28.2. The second kappa shape index (κ2) is 6.13. The summed E-state index contributed by atoms with van der Waals surface area (Å²) in [5.74, 6) is -1.19. The van der Waals surface area contributed by atoms with Crippen molar-refractivity contribution >= 4 is 18.0 Å². The summed E-state index contributed by atoms with van der Waals surface area (Å²) in [6.07, 6.45) is -0.678. The Morgan fingerprint density at radius 1 is 1.15 bits per heavy atom. The van der Waals surface area contributed by atoms with Crippen LogP contribution in [-0.2, 0) is 14.3 Å². The molecule has 2 amide bonds. The van der Waals surface area contributed by atoms with Crippen LogP contribution in [0.1, 0.15) is 55.4 Å². The van der Waals surface area contributed by atoms with Gasteiger partial charge in [0.2, 0.25) is 5.91 Å². The minimum absolute atomic E-state index is 0.0360. The average molecular weight is 368 g/mol. The first-order chi connectivity index (χ1) is 11.6. The van der Waals surface area contributed by atoms with Gasteiger partial charge in [0, 0.05) is 12.5 Å². The zero-order chi connectivity index (χ0) is 20.2. The lowest BCUT2D eigenvalue weighted by Crippen LogP contribution is -2.58. The third-order valence-corrected chi connectivity index (χ3v) is 5.52. The number of likely N-dealkylation sites (tertiary alicyclic amines) is 1. The molecule has 1 saturated heterocycles. The number of hydrogen-bond donors (Lipinski definition) is 2. The van der Waals surface area contributed by atoms with Crippen molar-refractivity contribution < 1.29 is 24.2 Å². The third-order valence-electron chi connectivity index (χ3n) is 5.52. The largest absolute Gasteiger partial charge is 0.480 e. The van der Waals surface area contributed by atoms with Crippen molar-refractivity contribution in [1.82, 2.24) is 10.2 Å². The van der Waals surface area contributed by atoms with Gasteiger partial charge < -0.3 is 20.1 Å². The minimum Gasteiger partial charge on any atom is -0.480 e. The molecule has 2 N–H and O–H groups in total. The summed E-state index contributed by atoms with van der Waals surface area (Å²) in [6.45, 7) is 15.2. The molecular formula is C19H32N2O5. The summed E-state index contributed by atoms with van der Waals surface area (Å²) in [4.78, 5) is 38.6. The topological polar surface area (TPSA) is 95.9 Å². The minimum atomic E-state index is -0.985. The molecule has 7 heteroatoms. The van der Waals surface area contributed by atoms with Crippen LogP contribution in [0.3, 0.4) is 0 Å². The highest BCUT2D eigenvalue weighted by Crippen LogP contribution is 2.65. The average Bonchev–Trinajstić information content (AvgIpc) is 2.81. The Labute approximate surface area is 155 Å². The summed E-state index contributed by atoms with van der Waals surface area (Å²) in [5.41, 5.74) is -1.33. The Hall–Kier alpha value is -1.79. The van der Waals surface area contributed by atoms with Gasteiger partial charge in [-0.15, -0.1) is 0 Å². The van der Waals surface area contributed by atoms with E-state index >= 15 is 0 Å². The summed E-state index contributed by atoms with van der Waals surface area (Å²) in [6, 6.07) is -1.70. The Bertz CT molecular complexity index is 614. The molecule has 1 saturated carbocycles. The fourth-order valence-corrected chi connectivity index (χ4v) is 4.04. The number of amides is 2. The van der Waals surface area contributed by atoms with Crippen LogP contribution in [0.15, 0.2) is 0 Å². The van der Waals surface area contributed by atoms with Gasteiger partial charge in [0.1, 0.15) is 17.7 Å². The second-order valence-electron chi connectivity index (χ2n) is 10.2. The Kier molecular flexibility index (Phi) is 4.84. The fourth-order valence-electron chi connectivity index (χ4n) is 4.04. The number of nitrogens with one attached hydrogen (secondary N) is 1. The van der Waals surface area contributed by atoms with Crippen LogP contribution in [0.4, 0.5) is 4.79 Å². The van der Waals surface area contributed by atoms with Crippen LogP contribution in [0, 0.1) is 22.7 Å². The number of carboxylic acid groups (broad SMARTS) is 1. The maximum atomic E-state index is 13.2. The molecule has 0 aromatic heterocycles. The molecule has 4 atom stereocenters. The molecule has 0 bridgehead atoms.